The van der Waals surface area contributed by atoms with Crippen LogP contribution in [0.15, 0.2) is 176 Å². The molecule has 0 fully saturated rings. The topological polar surface area (TPSA) is 3.24 Å². The summed E-state index contributed by atoms with van der Waals surface area (Å²) in [5.41, 5.74) is 24.7. The Hall–Kier alpha value is -6.44. The third-order valence-electron chi connectivity index (χ3n) is 13.9. The van der Waals surface area contributed by atoms with Gasteiger partial charge in [-0.05, 0) is 120 Å². The van der Waals surface area contributed by atoms with Crippen LogP contribution in [0.1, 0.15) is 74.9 Å². The van der Waals surface area contributed by atoms with Crippen molar-refractivity contribution in [1.29, 1.82) is 0 Å². The van der Waals surface area contributed by atoms with Crippen LogP contribution in [0.2, 0.25) is 0 Å². The Labute approximate surface area is 343 Å². The molecule has 1 nitrogen and oxygen atoms in total. The molecule has 0 N–H and O–H groups in total. The Morgan fingerprint density at radius 2 is 0.776 bits per heavy atom. The van der Waals surface area contributed by atoms with E-state index in [0.717, 1.165) is 17.1 Å². The van der Waals surface area contributed by atoms with Crippen LogP contribution in [0.5, 0.6) is 0 Å². The lowest BCUT2D eigenvalue weighted by molar-refractivity contribution is 0.639. The van der Waals surface area contributed by atoms with E-state index in [4.69, 9.17) is 0 Å². The van der Waals surface area contributed by atoms with Crippen molar-refractivity contribution in [2.24, 2.45) is 0 Å². The molecule has 280 valence electrons. The van der Waals surface area contributed by atoms with Crippen LogP contribution < -0.4 is 4.90 Å². The number of para-hydroxylation sites is 1. The summed E-state index contributed by atoms with van der Waals surface area (Å²) in [6.07, 6.45) is 0. The van der Waals surface area contributed by atoms with Crippen LogP contribution in [0.3, 0.4) is 0 Å². The minimum atomic E-state index is -0.112. The maximum absolute atomic E-state index is 2.54. The molecule has 8 aromatic rings. The van der Waals surface area contributed by atoms with Crippen LogP contribution in [0, 0.1) is 0 Å². The maximum atomic E-state index is 2.54. The largest absolute Gasteiger partial charge is 0.310 e. The first-order valence-electron chi connectivity index (χ1n) is 20.8. The number of fused-ring (bicyclic) bond motifs is 9. The summed E-state index contributed by atoms with van der Waals surface area (Å²) >= 11 is 0. The van der Waals surface area contributed by atoms with E-state index in [2.05, 4.69) is 222 Å². The third-order valence-corrected chi connectivity index (χ3v) is 13.9. The van der Waals surface area contributed by atoms with Crippen LogP contribution in [0.4, 0.5) is 17.1 Å². The molecule has 0 radical (unpaired) electrons. The molecule has 0 spiro atoms. The highest BCUT2D eigenvalue weighted by atomic mass is 15.1. The normalized spacial score (nSPS) is 15.5. The van der Waals surface area contributed by atoms with Gasteiger partial charge in [0.05, 0.1) is 5.69 Å². The first-order chi connectivity index (χ1) is 28.0. The van der Waals surface area contributed by atoms with E-state index in [1.807, 2.05) is 0 Å². The Balaban J connectivity index is 1.06. The van der Waals surface area contributed by atoms with Gasteiger partial charge in [-0.1, -0.05) is 181 Å². The summed E-state index contributed by atoms with van der Waals surface area (Å²) in [6, 6.07) is 65.9. The van der Waals surface area contributed by atoms with Gasteiger partial charge in [0, 0.05) is 33.2 Å². The van der Waals surface area contributed by atoms with Crippen molar-refractivity contribution in [2.75, 3.05) is 4.90 Å². The van der Waals surface area contributed by atoms with Gasteiger partial charge in [-0.3, -0.25) is 0 Å². The minimum Gasteiger partial charge on any atom is -0.310 e. The van der Waals surface area contributed by atoms with E-state index < -0.39 is 0 Å². The Bertz CT molecular complexity index is 2960. The molecule has 0 amide bonds. The molecule has 58 heavy (non-hydrogen) atoms. The van der Waals surface area contributed by atoms with Gasteiger partial charge in [0.2, 0.25) is 0 Å². The summed E-state index contributed by atoms with van der Waals surface area (Å²) < 4.78 is 0. The SMILES string of the molecule is CC1(C)c2ccccc2-c2ccc(N(c3ccc(-c4cccc5c4-c4cc6c(cc4C5(C)C)C(C)(C)c4ccccc4-6)cc3)c3ccccc3-c3ccccc3)cc21. The maximum Gasteiger partial charge on any atom is 0.0540 e. The zero-order chi connectivity index (χ0) is 39.6. The highest BCUT2D eigenvalue weighted by Crippen LogP contribution is 2.58. The fourth-order valence-corrected chi connectivity index (χ4v) is 10.8. The number of rotatable bonds is 5. The van der Waals surface area contributed by atoms with Gasteiger partial charge >= 0.3 is 0 Å². The first kappa shape index (κ1) is 34.8. The molecule has 0 aromatic heterocycles. The first-order valence-corrected chi connectivity index (χ1v) is 20.8. The van der Waals surface area contributed by atoms with Crippen molar-refractivity contribution in [3.63, 3.8) is 0 Å². The van der Waals surface area contributed by atoms with Gasteiger partial charge in [-0.25, -0.2) is 0 Å². The van der Waals surface area contributed by atoms with Crippen LogP contribution in [-0.2, 0) is 16.2 Å². The lowest BCUT2D eigenvalue weighted by Gasteiger charge is -2.30. The van der Waals surface area contributed by atoms with Gasteiger partial charge in [0.1, 0.15) is 0 Å². The monoisotopic (exact) mass is 745 g/mol. The molecule has 0 saturated heterocycles. The molecule has 0 heterocycles. The second kappa shape index (κ2) is 12.3. The highest BCUT2D eigenvalue weighted by molar-refractivity contribution is 5.97. The van der Waals surface area contributed by atoms with E-state index >= 15 is 0 Å². The zero-order valence-electron chi connectivity index (χ0n) is 34.2. The summed E-state index contributed by atoms with van der Waals surface area (Å²) in [6.45, 7) is 14.3. The lowest BCUT2D eigenvalue weighted by Crippen LogP contribution is -2.18. The third kappa shape index (κ3) is 4.83. The molecule has 0 atom stereocenters. The number of hydrogen-bond acceptors (Lipinski definition) is 1. The van der Waals surface area contributed by atoms with Crippen molar-refractivity contribution >= 4 is 17.1 Å². The van der Waals surface area contributed by atoms with Crippen LogP contribution in [0.25, 0.3) is 55.6 Å². The van der Waals surface area contributed by atoms with Crippen LogP contribution >= 0.6 is 0 Å². The van der Waals surface area contributed by atoms with E-state index in [1.165, 1.54) is 89.0 Å². The van der Waals surface area contributed by atoms with Crippen molar-refractivity contribution in [3.8, 4) is 55.6 Å². The zero-order valence-corrected chi connectivity index (χ0v) is 34.2. The summed E-state index contributed by atoms with van der Waals surface area (Å²) in [5.74, 6) is 0. The number of nitrogens with zero attached hydrogens (tertiary/aromatic N) is 1. The second-order valence-electron chi connectivity index (χ2n) is 18.1. The van der Waals surface area contributed by atoms with Crippen molar-refractivity contribution in [3.05, 3.63) is 209 Å². The summed E-state index contributed by atoms with van der Waals surface area (Å²) in [5, 5.41) is 0. The lowest BCUT2D eigenvalue weighted by atomic mass is 9.77. The molecule has 0 aliphatic heterocycles. The highest BCUT2D eigenvalue weighted by Gasteiger charge is 2.42. The molecular weight excluding hydrogens is 699 g/mol. The Morgan fingerprint density at radius 1 is 0.293 bits per heavy atom. The molecule has 3 aliphatic rings. The molecule has 3 aliphatic carbocycles. The number of anilines is 3. The van der Waals surface area contributed by atoms with E-state index in [0.29, 0.717) is 0 Å². The smallest absolute Gasteiger partial charge is 0.0540 e. The molecular formula is C57H47N. The fourth-order valence-electron chi connectivity index (χ4n) is 10.8. The van der Waals surface area contributed by atoms with Crippen molar-refractivity contribution in [1.82, 2.24) is 0 Å². The second-order valence-corrected chi connectivity index (χ2v) is 18.1. The minimum absolute atomic E-state index is 0.0337. The quantitative estimate of drug-likeness (QED) is 0.170. The molecule has 8 aromatic carbocycles. The average molecular weight is 746 g/mol. The molecule has 1 heteroatoms. The van der Waals surface area contributed by atoms with Gasteiger partial charge in [0.15, 0.2) is 0 Å². The predicted molar refractivity (Wildman–Crippen MR) is 245 cm³/mol. The van der Waals surface area contributed by atoms with Gasteiger partial charge in [-0.2, -0.15) is 0 Å². The Kier molecular flexibility index (Phi) is 7.36. The standard InChI is InChI=1S/C57H47N/c1-55(2)47-23-13-10-20-42(47)44-32-31-39(33-50(44)55)58(53-26-15-12-19-40(53)36-17-8-7-9-18-36)38-29-27-37(28-30-38)41-22-16-25-49-54(41)46-34-45-43-21-11-14-24-48(43)56(3,4)51(45)35-52(46)57(49,5)6/h7-35H,1-6H3. The van der Waals surface area contributed by atoms with Gasteiger partial charge in [-0.15, -0.1) is 0 Å². The van der Waals surface area contributed by atoms with Crippen molar-refractivity contribution in [2.45, 2.75) is 57.8 Å². The molecule has 11 rings (SSSR count). The average Bonchev–Trinajstić information content (AvgIpc) is 3.73. The van der Waals surface area contributed by atoms with Crippen molar-refractivity contribution < 1.29 is 0 Å². The van der Waals surface area contributed by atoms with E-state index in [1.54, 1.807) is 0 Å². The van der Waals surface area contributed by atoms with Gasteiger partial charge < -0.3 is 4.90 Å². The number of hydrogen-bond donors (Lipinski definition) is 0. The van der Waals surface area contributed by atoms with E-state index in [-0.39, 0.29) is 16.2 Å². The van der Waals surface area contributed by atoms with Gasteiger partial charge in [0.25, 0.3) is 0 Å². The number of benzene rings is 8. The van der Waals surface area contributed by atoms with Crippen LogP contribution in [-0.4, -0.2) is 0 Å². The molecule has 0 saturated carbocycles. The molecule has 0 bridgehead atoms. The Morgan fingerprint density at radius 3 is 1.48 bits per heavy atom. The predicted octanol–water partition coefficient (Wildman–Crippen LogP) is 15.4. The molecule has 0 unspecified atom stereocenters. The van der Waals surface area contributed by atoms with E-state index in [9.17, 15) is 0 Å². The summed E-state index contributed by atoms with van der Waals surface area (Å²) in [7, 11) is 0. The summed E-state index contributed by atoms with van der Waals surface area (Å²) in [4.78, 5) is 2.46. The fraction of sp³-hybridized carbons (Fsp3) is 0.158.